The molecule has 1 fully saturated rings. The molecule has 0 atom stereocenters. The number of hydrogen-bond acceptors (Lipinski definition) is 4. The molecule has 1 amide bonds. The number of aromatic nitrogens is 3. The molecule has 2 heterocycles. The smallest absolute Gasteiger partial charge is 0.233 e. The Morgan fingerprint density at radius 2 is 1.72 bits per heavy atom. The zero-order valence-corrected chi connectivity index (χ0v) is 18.5. The van der Waals surface area contributed by atoms with Gasteiger partial charge in [-0.15, -0.1) is 10.2 Å². The first kappa shape index (κ1) is 20.2. The summed E-state index contributed by atoms with van der Waals surface area (Å²) in [7, 11) is 0. The zero-order valence-electron chi connectivity index (χ0n) is 16.1. The summed E-state index contributed by atoms with van der Waals surface area (Å²) >= 11 is 4.97. The Morgan fingerprint density at radius 1 is 1.00 bits per heavy atom. The summed E-state index contributed by atoms with van der Waals surface area (Å²) in [5.74, 6) is 1.43. The van der Waals surface area contributed by atoms with Crippen molar-refractivity contribution in [2.75, 3.05) is 18.8 Å². The molecule has 4 rings (SSSR count). The highest BCUT2D eigenvalue weighted by atomic mass is 79.9. The standard InChI is InChI=1S/C22H23BrN4OS/c23-19-10-8-18(9-11-19)21-24-25-22(29-16-20(28)26-13-4-5-14-26)27(21)15-12-17-6-2-1-3-7-17/h1-3,6-11H,4-5,12-16H2. The van der Waals surface area contributed by atoms with Crippen LogP contribution in [-0.4, -0.2) is 44.4 Å². The Morgan fingerprint density at radius 3 is 2.45 bits per heavy atom. The molecule has 0 saturated carbocycles. The van der Waals surface area contributed by atoms with Crippen LogP contribution in [-0.2, 0) is 17.8 Å². The van der Waals surface area contributed by atoms with Gasteiger partial charge in [0.05, 0.1) is 5.75 Å². The van der Waals surface area contributed by atoms with Gasteiger partial charge in [-0.2, -0.15) is 0 Å². The molecule has 0 spiro atoms. The molecule has 7 heteroatoms. The number of aryl methyl sites for hydroxylation is 1. The first-order valence-electron chi connectivity index (χ1n) is 9.84. The van der Waals surface area contributed by atoms with Gasteiger partial charge < -0.3 is 9.47 Å². The van der Waals surface area contributed by atoms with Crippen LogP contribution < -0.4 is 0 Å². The van der Waals surface area contributed by atoms with Crippen molar-refractivity contribution in [3.05, 3.63) is 64.6 Å². The summed E-state index contributed by atoms with van der Waals surface area (Å²) in [4.78, 5) is 14.4. The van der Waals surface area contributed by atoms with Gasteiger partial charge in [0.15, 0.2) is 11.0 Å². The van der Waals surface area contributed by atoms with Crippen LogP contribution in [0.25, 0.3) is 11.4 Å². The molecule has 0 bridgehead atoms. The Kier molecular flexibility index (Phi) is 6.67. The number of carbonyl (C=O) groups is 1. The van der Waals surface area contributed by atoms with E-state index in [0.717, 1.165) is 59.9 Å². The number of hydrogen-bond donors (Lipinski definition) is 0. The molecule has 5 nitrogen and oxygen atoms in total. The maximum absolute atomic E-state index is 12.5. The number of benzene rings is 2. The van der Waals surface area contributed by atoms with Gasteiger partial charge in [-0.3, -0.25) is 4.79 Å². The third-order valence-electron chi connectivity index (χ3n) is 5.07. The largest absolute Gasteiger partial charge is 0.342 e. The van der Waals surface area contributed by atoms with Crippen molar-refractivity contribution in [3.8, 4) is 11.4 Å². The number of halogens is 1. The summed E-state index contributed by atoms with van der Waals surface area (Å²) < 4.78 is 3.17. The Labute approximate surface area is 183 Å². The quantitative estimate of drug-likeness (QED) is 0.471. The third kappa shape index (κ3) is 5.08. The Balaban J connectivity index is 1.54. The van der Waals surface area contributed by atoms with E-state index in [4.69, 9.17) is 0 Å². The molecule has 0 aliphatic carbocycles. The van der Waals surface area contributed by atoms with Crippen LogP contribution in [0.3, 0.4) is 0 Å². The molecule has 1 aromatic heterocycles. The van der Waals surface area contributed by atoms with E-state index in [9.17, 15) is 4.79 Å². The lowest BCUT2D eigenvalue weighted by Crippen LogP contribution is -2.29. The molecule has 1 aliphatic heterocycles. The van der Waals surface area contributed by atoms with Crippen molar-refractivity contribution in [3.63, 3.8) is 0 Å². The van der Waals surface area contributed by atoms with E-state index in [0.29, 0.717) is 5.75 Å². The number of thioether (sulfide) groups is 1. The van der Waals surface area contributed by atoms with E-state index in [1.165, 1.54) is 17.3 Å². The lowest BCUT2D eigenvalue weighted by atomic mass is 10.1. The molecule has 2 aromatic carbocycles. The van der Waals surface area contributed by atoms with E-state index >= 15 is 0 Å². The summed E-state index contributed by atoms with van der Waals surface area (Å²) in [5, 5.41) is 9.67. The van der Waals surface area contributed by atoms with Gasteiger partial charge in [0, 0.05) is 29.7 Å². The SMILES string of the molecule is O=C(CSc1nnc(-c2ccc(Br)cc2)n1CCc1ccccc1)N1CCCC1. The van der Waals surface area contributed by atoms with Crippen molar-refractivity contribution >= 4 is 33.6 Å². The highest BCUT2D eigenvalue weighted by molar-refractivity contribution is 9.10. The number of likely N-dealkylation sites (tertiary alicyclic amines) is 1. The summed E-state index contributed by atoms with van der Waals surface area (Å²) in [5.41, 5.74) is 2.29. The lowest BCUT2D eigenvalue weighted by Gasteiger charge is -2.15. The highest BCUT2D eigenvalue weighted by Gasteiger charge is 2.20. The van der Waals surface area contributed by atoms with Crippen LogP contribution in [0, 0.1) is 0 Å². The van der Waals surface area contributed by atoms with Crippen LogP contribution >= 0.6 is 27.7 Å². The van der Waals surface area contributed by atoms with Gasteiger partial charge in [-0.1, -0.05) is 70.2 Å². The van der Waals surface area contributed by atoms with Gasteiger partial charge in [0.1, 0.15) is 0 Å². The lowest BCUT2D eigenvalue weighted by molar-refractivity contribution is -0.127. The first-order chi connectivity index (χ1) is 14.2. The highest BCUT2D eigenvalue weighted by Crippen LogP contribution is 2.26. The average Bonchev–Trinajstić information content (AvgIpc) is 3.42. The van der Waals surface area contributed by atoms with Crippen LogP contribution in [0.2, 0.25) is 0 Å². The summed E-state index contributed by atoms with van der Waals surface area (Å²) in [6.45, 7) is 2.52. The number of carbonyl (C=O) groups excluding carboxylic acids is 1. The van der Waals surface area contributed by atoms with Gasteiger partial charge in [-0.25, -0.2) is 0 Å². The fraction of sp³-hybridized carbons (Fsp3) is 0.318. The van der Waals surface area contributed by atoms with Crippen molar-refractivity contribution in [2.45, 2.75) is 31.0 Å². The third-order valence-corrected chi connectivity index (χ3v) is 6.55. The number of rotatable bonds is 7. The molecule has 0 radical (unpaired) electrons. The van der Waals surface area contributed by atoms with Gasteiger partial charge in [-0.05, 0) is 37.0 Å². The predicted octanol–water partition coefficient (Wildman–Crippen LogP) is 4.66. The van der Waals surface area contributed by atoms with Crippen molar-refractivity contribution in [1.29, 1.82) is 0 Å². The average molecular weight is 471 g/mol. The van der Waals surface area contributed by atoms with Crippen LogP contribution in [0.15, 0.2) is 64.2 Å². The molecule has 3 aromatic rings. The van der Waals surface area contributed by atoms with Crippen LogP contribution in [0.4, 0.5) is 0 Å². The number of amides is 1. The zero-order chi connectivity index (χ0) is 20.1. The topological polar surface area (TPSA) is 51.0 Å². The Hall–Kier alpha value is -2.12. The maximum atomic E-state index is 12.5. The second-order valence-corrected chi connectivity index (χ2v) is 8.94. The predicted molar refractivity (Wildman–Crippen MR) is 120 cm³/mol. The molecule has 0 N–H and O–H groups in total. The van der Waals surface area contributed by atoms with Crippen LogP contribution in [0.5, 0.6) is 0 Å². The van der Waals surface area contributed by atoms with Gasteiger partial charge >= 0.3 is 0 Å². The second-order valence-electron chi connectivity index (χ2n) is 7.08. The van der Waals surface area contributed by atoms with E-state index in [-0.39, 0.29) is 5.91 Å². The fourth-order valence-corrected chi connectivity index (χ4v) is 4.61. The van der Waals surface area contributed by atoms with Crippen molar-refractivity contribution < 1.29 is 4.79 Å². The van der Waals surface area contributed by atoms with E-state index in [2.05, 4.69) is 55.0 Å². The second kappa shape index (κ2) is 9.59. The first-order valence-corrected chi connectivity index (χ1v) is 11.6. The van der Waals surface area contributed by atoms with Gasteiger partial charge in [0.2, 0.25) is 5.91 Å². The van der Waals surface area contributed by atoms with E-state index in [1.807, 2.05) is 35.2 Å². The molecule has 1 aliphatic rings. The van der Waals surface area contributed by atoms with Crippen molar-refractivity contribution in [2.24, 2.45) is 0 Å². The van der Waals surface area contributed by atoms with Crippen molar-refractivity contribution in [1.82, 2.24) is 19.7 Å². The minimum atomic E-state index is 0.190. The molecule has 1 saturated heterocycles. The number of nitrogens with zero attached hydrogens (tertiary/aromatic N) is 4. The summed E-state index contributed by atoms with van der Waals surface area (Å²) in [6.07, 6.45) is 3.10. The molecule has 0 unspecified atom stereocenters. The normalized spacial score (nSPS) is 13.8. The van der Waals surface area contributed by atoms with E-state index < -0.39 is 0 Å². The molecular formula is C22H23BrN4OS. The maximum Gasteiger partial charge on any atom is 0.233 e. The molecule has 29 heavy (non-hydrogen) atoms. The van der Waals surface area contributed by atoms with E-state index in [1.54, 1.807) is 0 Å². The minimum Gasteiger partial charge on any atom is -0.342 e. The van der Waals surface area contributed by atoms with Gasteiger partial charge in [0.25, 0.3) is 0 Å². The Bertz CT molecular complexity index is 953. The fourth-order valence-electron chi connectivity index (χ4n) is 3.48. The molecule has 150 valence electrons. The minimum absolute atomic E-state index is 0.190. The monoisotopic (exact) mass is 470 g/mol. The van der Waals surface area contributed by atoms with Crippen LogP contribution in [0.1, 0.15) is 18.4 Å². The summed E-state index contributed by atoms with van der Waals surface area (Å²) in [6, 6.07) is 18.5. The molecular weight excluding hydrogens is 448 g/mol.